The third-order valence-corrected chi connectivity index (χ3v) is 4.23. The van der Waals surface area contributed by atoms with Gasteiger partial charge in [-0.15, -0.1) is 0 Å². The van der Waals surface area contributed by atoms with Crippen LogP contribution < -0.4 is 0 Å². The predicted molar refractivity (Wildman–Crippen MR) is 99.2 cm³/mol. The summed E-state index contributed by atoms with van der Waals surface area (Å²) in [5.41, 5.74) is 2.13. The summed E-state index contributed by atoms with van der Waals surface area (Å²) in [6.07, 6.45) is 1.43. The van der Waals surface area contributed by atoms with Gasteiger partial charge in [-0.3, -0.25) is 10.1 Å². The van der Waals surface area contributed by atoms with Crippen molar-refractivity contribution in [1.29, 1.82) is 0 Å². The number of nitro benzene ring substituents is 1. The van der Waals surface area contributed by atoms with Crippen molar-refractivity contribution in [2.75, 3.05) is 0 Å². The monoisotopic (exact) mass is 370 g/mol. The normalized spacial score (nSPS) is 15.3. The Labute approximate surface area is 154 Å². The number of rotatable bonds is 4. The molecule has 0 saturated carbocycles. The van der Waals surface area contributed by atoms with Crippen molar-refractivity contribution in [1.82, 2.24) is 0 Å². The molecule has 0 atom stereocenters. The lowest BCUT2D eigenvalue weighted by molar-refractivity contribution is -0.384. The zero-order valence-electron chi connectivity index (χ0n) is 14.1. The minimum absolute atomic E-state index is 0.0283. The van der Waals surface area contributed by atoms with Crippen molar-refractivity contribution in [3.05, 3.63) is 80.0 Å². The fraction of sp³-hybridized carbons (Fsp3) is 0.158. The largest absolute Gasteiger partial charge is 0.402 e. The van der Waals surface area contributed by atoms with E-state index in [0.717, 1.165) is 0 Å². The van der Waals surface area contributed by atoms with Gasteiger partial charge in [-0.2, -0.15) is 0 Å². The molecule has 0 aliphatic carbocycles. The Morgan fingerprint density at radius 2 is 1.88 bits per heavy atom. The number of aliphatic imine (C=N–C) groups is 1. The SMILES string of the molecule is CC(C)c1ccc(C2=N/C(=C\c3ccc(Cl)c([N+](=O)[O-])c3)C(=O)O2)cc1. The van der Waals surface area contributed by atoms with E-state index in [0.29, 0.717) is 17.0 Å². The van der Waals surface area contributed by atoms with Crippen molar-refractivity contribution < 1.29 is 14.5 Å². The standard InChI is InChI=1S/C19H15ClN2O4/c1-11(2)13-4-6-14(7-5-13)18-21-16(19(23)26-18)9-12-3-8-15(20)17(10-12)22(24)25/h3-11H,1-2H3/b16-9-. The number of ether oxygens (including phenoxy) is 1. The molecule has 1 aliphatic rings. The zero-order valence-corrected chi connectivity index (χ0v) is 14.9. The van der Waals surface area contributed by atoms with Gasteiger partial charge in [0.15, 0.2) is 5.70 Å². The number of hydrogen-bond acceptors (Lipinski definition) is 5. The van der Waals surface area contributed by atoms with Gasteiger partial charge in [-0.25, -0.2) is 9.79 Å². The number of cyclic esters (lactones) is 1. The van der Waals surface area contributed by atoms with E-state index in [1.54, 1.807) is 6.07 Å². The maximum atomic E-state index is 12.1. The van der Waals surface area contributed by atoms with Gasteiger partial charge in [0.2, 0.25) is 5.90 Å². The second-order valence-corrected chi connectivity index (χ2v) is 6.49. The molecule has 26 heavy (non-hydrogen) atoms. The van der Waals surface area contributed by atoms with Crippen LogP contribution in [0.25, 0.3) is 6.08 Å². The van der Waals surface area contributed by atoms with Crippen LogP contribution in [0.4, 0.5) is 5.69 Å². The van der Waals surface area contributed by atoms with Crippen LogP contribution in [-0.2, 0) is 9.53 Å². The number of halogens is 1. The van der Waals surface area contributed by atoms with Crippen molar-refractivity contribution in [2.24, 2.45) is 4.99 Å². The van der Waals surface area contributed by atoms with Gasteiger partial charge >= 0.3 is 5.97 Å². The fourth-order valence-corrected chi connectivity index (χ4v) is 2.65. The highest BCUT2D eigenvalue weighted by molar-refractivity contribution is 6.32. The number of esters is 1. The summed E-state index contributed by atoms with van der Waals surface area (Å²) in [5, 5.41) is 11.0. The molecule has 2 aromatic carbocycles. The Hall–Kier alpha value is -2.99. The number of benzene rings is 2. The Balaban J connectivity index is 1.91. The molecule has 0 aromatic heterocycles. The minimum atomic E-state index is -0.606. The fourth-order valence-electron chi connectivity index (χ4n) is 2.46. The van der Waals surface area contributed by atoms with Crippen LogP contribution >= 0.6 is 11.6 Å². The second kappa shape index (κ2) is 7.09. The molecule has 1 aliphatic heterocycles. The van der Waals surface area contributed by atoms with Crippen LogP contribution in [0.1, 0.15) is 36.5 Å². The molecular formula is C19H15ClN2O4. The molecule has 6 nitrogen and oxygen atoms in total. The maximum absolute atomic E-state index is 12.1. The zero-order chi connectivity index (χ0) is 18.8. The first kappa shape index (κ1) is 17.8. The van der Waals surface area contributed by atoms with E-state index in [1.807, 2.05) is 24.3 Å². The van der Waals surface area contributed by atoms with Gasteiger partial charge in [0.25, 0.3) is 5.69 Å². The summed E-state index contributed by atoms with van der Waals surface area (Å²) in [5.74, 6) is -0.00109. The quantitative estimate of drug-likeness (QED) is 0.337. The molecule has 0 bridgehead atoms. The van der Waals surface area contributed by atoms with E-state index in [9.17, 15) is 14.9 Å². The number of carbonyl (C=O) groups excluding carboxylic acids is 1. The molecule has 132 valence electrons. The third-order valence-electron chi connectivity index (χ3n) is 3.92. The third kappa shape index (κ3) is 3.65. The molecule has 2 aromatic rings. The van der Waals surface area contributed by atoms with Crippen LogP contribution in [-0.4, -0.2) is 16.8 Å². The lowest BCUT2D eigenvalue weighted by Gasteiger charge is -2.05. The summed E-state index contributed by atoms with van der Waals surface area (Å²) < 4.78 is 5.22. The summed E-state index contributed by atoms with van der Waals surface area (Å²) in [4.78, 5) is 26.7. The molecule has 0 fully saturated rings. The summed E-state index contributed by atoms with van der Waals surface area (Å²) >= 11 is 5.79. The van der Waals surface area contributed by atoms with Gasteiger partial charge in [-0.1, -0.05) is 43.6 Å². The number of carbonyl (C=O) groups is 1. The van der Waals surface area contributed by atoms with Gasteiger partial charge in [0.05, 0.1) is 4.92 Å². The van der Waals surface area contributed by atoms with Crippen LogP contribution in [0.15, 0.2) is 53.2 Å². The lowest BCUT2D eigenvalue weighted by Crippen LogP contribution is -2.05. The first-order valence-corrected chi connectivity index (χ1v) is 8.30. The Kier molecular flexibility index (Phi) is 4.86. The van der Waals surface area contributed by atoms with E-state index in [1.165, 1.54) is 23.8 Å². The molecule has 0 N–H and O–H groups in total. The highest BCUT2D eigenvalue weighted by atomic mass is 35.5. The van der Waals surface area contributed by atoms with Crippen molar-refractivity contribution >= 4 is 35.2 Å². The maximum Gasteiger partial charge on any atom is 0.363 e. The molecule has 1 heterocycles. The summed E-state index contributed by atoms with van der Waals surface area (Å²) in [6.45, 7) is 4.18. The summed E-state index contributed by atoms with van der Waals surface area (Å²) in [6, 6.07) is 11.9. The van der Waals surface area contributed by atoms with E-state index in [-0.39, 0.29) is 22.3 Å². The van der Waals surface area contributed by atoms with E-state index in [4.69, 9.17) is 16.3 Å². The summed E-state index contributed by atoms with van der Waals surface area (Å²) in [7, 11) is 0. The van der Waals surface area contributed by atoms with Gasteiger partial charge in [-0.05, 0) is 41.3 Å². The predicted octanol–water partition coefficient (Wildman–Crippen LogP) is 4.72. The topological polar surface area (TPSA) is 81.8 Å². The minimum Gasteiger partial charge on any atom is -0.402 e. The van der Waals surface area contributed by atoms with Crippen molar-refractivity contribution in [3.63, 3.8) is 0 Å². The number of hydrogen-bond donors (Lipinski definition) is 0. The first-order valence-electron chi connectivity index (χ1n) is 7.92. The molecule has 0 unspecified atom stereocenters. The molecule has 0 radical (unpaired) electrons. The van der Waals surface area contributed by atoms with Crippen LogP contribution in [0, 0.1) is 10.1 Å². The van der Waals surface area contributed by atoms with Crippen molar-refractivity contribution in [3.8, 4) is 0 Å². The Morgan fingerprint density at radius 3 is 2.50 bits per heavy atom. The highest BCUT2D eigenvalue weighted by Gasteiger charge is 2.24. The van der Waals surface area contributed by atoms with E-state index >= 15 is 0 Å². The average molecular weight is 371 g/mol. The Bertz CT molecular complexity index is 947. The van der Waals surface area contributed by atoms with Gasteiger partial charge < -0.3 is 4.74 Å². The van der Waals surface area contributed by atoms with Crippen LogP contribution in [0.3, 0.4) is 0 Å². The van der Waals surface area contributed by atoms with Gasteiger partial charge in [0, 0.05) is 11.6 Å². The smallest absolute Gasteiger partial charge is 0.363 e. The van der Waals surface area contributed by atoms with Gasteiger partial charge in [0.1, 0.15) is 5.02 Å². The first-order chi connectivity index (χ1) is 12.3. The van der Waals surface area contributed by atoms with Crippen molar-refractivity contribution in [2.45, 2.75) is 19.8 Å². The highest BCUT2D eigenvalue weighted by Crippen LogP contribution is 2.27. The molecule has 7 heteroatoms. The molecular weight excluding hydrogens is 356 g/mol. The molecule has 0 amide bonds. The van der Waals surface area contributed by atoms with Crippen LogP contribution in [0.2, 0.25) is 5.02 Å². The lowest BCUT2D eigenvalue weighted by atomic mass is 10.0. The average Bonchev–Trinajstić information content (AvgIpc) is 2.97. The van der Waals surface area contributed by atoms with E-state index < -0.39 is 10.9 Å². The molecule has 3 rings (SSSR count). The van der Waals surface area contributed by atoms with E-state index in [2.05, 4.69) is 18.8 Å². The second-order valence-electron chi connectivity index (χ2n) is 6.08. The number of nitro groups is 1. The van der Waals surface area contributed by atoms with Crippen LogP contribution in [0.5, 0.6) is 0 Å². The Morgan fingerprint density at radius 1 is 1.19 bits per heavy atom. The number of nitrogens with zero attached hydrogens (tertiary/aromatic N) is 2. The molecule has 0 saturated heterocycles. The molecule has 0 spiro atoms.